The molecule has 0 saturated carbocycles. The highest BCUT2D eigenvalue weighted by Crippen LogP contribution is 2.33. The second kappa shape index (κ2) is 11.3. The molecule has 0 aliphatic heterocycles. The molecule has 10 nitrogen and oxygen atoms in total. The van der Waals surface area contributed by atoms with E-state index >= 15 is 0 Å². The average molecular weight is 539 g/mol. The van der Waals surface area contributed by atoms with Gasteiger partial charge in [-0.15, -0.1) is 0 Å². The lowest BCUT2D eigenvalue weighted by Crippen LogP contribution is -2.18. The molecule has 0 radical (unpaired) electrons. The van der Waals surface area contributed by atoms with Crippen molar-refractivity contribution in [3.8, 4) is 16.9 Å². The number of anilines is 3. The predicted molar refractivity (Wildman–Crippen MR) is 153 cm³/mol. The maximum absolute atomic E-state index is 12.1. The van der Waals surface area contributed by atoms with Gasteiger partial charge in [0.25, 0.3) is 0 Å². The summed E-state index contributed by atoms with van der Waals surface area (Å²) in [6, 6.07) is 25.9. The summed E-state index contributed by atoms with van der Waals surface area (Å²) >= 11 is 0. The molecular formula is C28H26N8O2S. The molecule has 0 amide bonds. The first-order valence-electron chi connectivity index (χ1n) is 12.1. The van der Waals surface area contributed by atoms with Crippen LogP contribution in [0.25, 0.3) is 16.9 Å². The Labute approximate surface area is 226 Å². The third-order valence-electron chi connectivity index (χ3n) is 5.91. The maximum atomic E-state index is 12.1. The molecule has 3 N–H and O–H groups in total. The predicted octanol–water partition coefficient (Wildman–Crippen LogP) is 4.82. The number of hydrazone groups is 1. The van der Waals surface area contributed by atoms with E-state index in [0.29, 0.717) is 23.3 Å². The van der Waals surface area contributed by atoms with E-state index in [-0.39, 0.29) is 4.90 Å². The highest BCUT2D eigenvalue weighted by Gasteiger charge is 2.18. The average Bonchev–Trinajstić information content (AvgIpc) is 3.52. The number of hydrogen-bond donors (Lipinski definition) is 3. The summed E-state index contributed by atoms with van der Waals surface area (Å²) in [5, 5.41) is 7.86. The molecular weight excluding hydrogens is 512 g/mol. The summed E-state index contributed by atoms with van der Waals surface area (Å²) in [7, 11) is -2.15. The van der Waals surface area contributed by atoms with Crippen LogP contribution in [0.15, 0.2) is 114 Å². The van der Waals surface area contributed by atoms with Crippen molar-refractivity contribution >= 4 is 33.2 Å². The minimum absolute atomic E-state index is 0.179. The molecule has 0 aliphatic carbocycles. The Morgan fingerprint density at radius 2 is 1.59 bits per heavy atom. The largest absolute Gasteiger partial charge is 0.324 e. The Morgan fingerprint density at radius 1 is 0.897 bits per heavy atom. The number of nitrogens with zero attached hydrogens (tertiary/aromatic N) is 5. The van der Waals surface area contributed by atoms with E-state index in [9.17, 15) is 8.42 Å². The van der Waals surface area contributed by atoms with Crippen LogP contribution in [0.3, 0.4) is 0 Å². The first-order chi connectivity index (χ1) is 18.9. The van der Waals surface area contributed by atoms with Crippen LogP contribution in [-0.4, -0.2) is 40.7 Å². The first-order valence-corrected chi connectivity index (χ1v) is 13.5. The van der Waals surface area contributed by atoms with Crippen molar-refractivity contribution in [3.63, 3.8) is 0 Å². The maximum Gasteiger partial charge on any atom is 0.240 e. The van der Waals surface area contributed by atoms with Gasteiger partial charge in [-0.25, -0.2) is 18.1 Å². The number of hydrogen-bond acceptors (Lipinski definition) is 8. The van der Waals surface area contributed by atoms with Crippen LogP contribution in [0.4, 0.5) is 17.5 Å². The highest BCUT2D eigenvalue weighted by molar-refractivity contribution is 7.89. The first kappa shape index (κ1) is 25.8. The molecule has 0 aliphatic rings. The van der Waals surface area contributed by atoms with Gasteiger partial charge in [-0.05, 0) is 49.4 Å². The third kappa shape index (κ3) is 5.84. The molecule has 0 spiro atoms. The smallest absolute Gasteiger partial charge is 0.240 e. The summed E-state index contributed by atoms with van der Waals surface area (Å²) < 4.78 is 28.3. The Balaban J connectivity index is 1.58. The van der Waals surface area contributed by atoms with Crippen molar-refractivity contribution in [1.29, 1.82) is 0 Å². The van der Waals surface area contributed by atoms with Crippen LogP contribution in [0.1, 0.15) is 12.5 Å². The number of nitrogens with one attached hydrogen (secondary N) is 3. The highest BCUT2D eigenvalue weighted by atomic mass is 32.2. The summed E-state index contributed by atoms with van der Waals surface area (Å²) in [5.74, 6) is 1.47. The van der Waals surface area contributed by atoms with E-state index in [1.165, 1.54) is 7.05 Å². The zero-order valence-electron chi connectivity index (χ0n) is 21.3. The van der Waals surface area contributed by atoms with E-state index in [2.05, 4.69) is 25.6 Å². The van der Waals surface area contributed by atoms with Gasteiger partial charge in [0, 0.05) is 18.1 Å². The zero-order valence-corrected chi connectivity index (χ0v) is 22.1. The molecule has 5 rings (SSSR count). The molecule has 196 valence electrons. The number of sulfonamides is 1. The topological polar surface area (TPSA) is 126 Å². The van der Waals surface area contributed by atoms with Crippen LogP contribution in [-0.2, 0) is 10.0 Å². The van der Waals surface area contributed by atoms with Gasteiger partial charge in [-0.2, -0.15) is 15.1 Å². The fourth-order valence-corrected chi connectivity index (χ4v) is 4.60. The van der Waals surface area contributed by atoms with Crippen molar-refractivity contribution in [1.82, 2.24) is 24.2 Å². The minimum atomic E-state index is -3.53. The number of benzene rings is 3. The normalized spacial score (nSPS) is 11.8. The van der Waals surface area contributed by atoms with E-state index in [4.69, 9.17) is 9.97 Å². The van der Waals surface area contributed by atoms with Crippen molar-refractivity contribution in [2.45, 2.75) is 11.8 Å². The Bertz CT molecular complexity index is 1690. The number of imidazole rings is 1. The molecule has 3 aromatic carbocycles. The van der Waals surface area contributed by atoms with Gasteiger partial charge in [0.15, 0.2) is 11.6 Å². The van der Waals surface area contributed by atoms with Crippen molar-refractivity contribution < 1.29 is 8.42 Å². The van der Waals surface area contributed by atoms with Crippen LogP contribution in [0.5, 0.6) is 0 Å². The molecule has 11 heteroatoms. The summed E-state index contributed by atoms with van der Waals surface area (Å²) in [4.78, 5) is 14.0. The number of para-hydroxylation sites is 1. The lowest BCUT2D eigenvalue weighted by atomic mass is 10.1. The summed E-state index contributed by atoms with van der Waals surface area (Å²) in [6.45, 7) is 1.83. The Kier molecular flexibility index (Phi) is 7.43. The van der Waals surface area contributed by atoms with Crippen molar-refractivity contribution in [2.75, 3.05) is 17.8 Å². The van der Waals surface area contributed by atoms with Crippen LogP contribution < -0.4 is 15.5 Å². The van der Waals surface area contributed by atoms with E-state index in [0.717, 1.165) is 22.4 Å². The van der Waals surface area contributed by atoms with Crippen LogP contribution >= 0.6 is 0 Å². The van der Waals surface area contributed by atoms with Gasteiger partial charge in [-0.3, -0.25) is 9.99 Å². The van der Waals surface area contributed by atoms with Crippen LogP contribution in [0.2, 0.25) is 0 Å². The van der Waals surface area contributed by atoms with Gasteiger partial charge in [0.05, 0.1) is 16.2 Å². The molecule has 5 aromatic rings. The lowest BCUT2D eigenvalue weighted by molar-refractivity contribution is 0.588. The van der Waals surface area contributed by atoms with Crippen molar-refractivity contribution in [3.05, 3.63) is 109 Å². The Morgan fingerprint density at radius 3 is 2.23 bits per heavy atom. The van der Waals surface area contributed by atoms with Gasteiger partial charge in [0.1, 0.15) is 6.33 Å². The van der Waals surface area contributed by atoms with E-state index < -0.39 is 10.0 Å². The summed E-state index contributed by atoms with van der Waals surface area (Å²) in [5.41, 5.74) is 6.99. The number of rotatable bonds is 9. The molecule has 0 saturated heterocycles. The Hall–Kier alpha value is -4.87. The van der Waals surface area contributed by atoms with Gasteiger partial charge < -0.3 is 5.32 Å². The molecule has 2 heterocycles. The van der Waals surface area contributed by atoms with Crippen molar-refractivity contribution in [2.24, 2.45) is 5.10 Å². The SMILES string of the molecule is CNS(=O)(=O)c1ccc(C(C)=NNc2nc(Nc3ccccc3)nc(-n3ccnc3)c2-c2ccccc2)cc1. The second-order valence-corrected chi connectivity index (χ2v) is 10.3. The second-order valence-electron chi connectivity index (χ2n) is 8.46. The third-order valence-corrected chi connectivity index (χ3v) is 7.34. The van der Waals surface area contributed by atoms with Crippen LogP contribution in [0, 0.1) is 0 Å². The summed E-state index contributed by atoms with van der Waals surface area (Å²) in [6.07, 6.45) is 5.19. The van der Waals surface area contributed by atoms with Gasteiger partial charge in [-0.1, -0.05) is 60.7 Å². The van der Waals surface area contributed by atoms with Gasteiger partial charge in [0.2, 0.25) is 16.0 Å². The number of aromatic nitrogens is 4. The molecule has 0 bridgehead atoms. The fourth-order valence-electron chi connectivity index (χ4n) is 3.87. The standard InChI is InChI=1S/C28H26N8O2S/c1-20(21-13-15-24(16-14-21)39(37,38)29-2)34-35-26-25(22-9-5-3-6-10-22)27(36-18-17-30-19-36)33-28(32-26)31-23-11-7-4-8-12-23/h3-19,29H,1-2H3,(H2,31,32,33,35). The monoisotopic (exact) mass is 538 g/mol. The zero-order chi connectivity index (χ0) is 27.2. The quantitative estimate of drug-likeness (QED) is 0.181. The fraction of sp³-hybridized carbons (Fsp3) is 0.0714. The molecule has 2 aromatic heterocycles. The molecule has 39 heavy (non-hydrogen) atoms. The van der Waals surface area contributed by atoms with E-state index in [1.54, 1.807) is 36.8 Å². The lowest BCUT2D eigenvalue weighted by Gasteiger charge is -2.16. The minimum Gasteiger partial charge on any atom is -0.324 e. The molecule has 0 fully saturated rings. The molecule has 0 atom stereocenters. The van der Waals surface area contributed by atoms with Gasteiger partial charge >= 0.3 is 0 Å². The molecule has 0 unspecified atom stereocenters. The van der Waals surface area contributed by atoms with E-state index in [1.807, 2.05) is 78.4 Å².